The van der Waals surface area contributed by atoms with E-state index in [2.05, 4.69) is 0 Å². The van der Waals surface area contributed by atoms with Crippen molar-refractivity contribution in [2.24, 2.45) is 0 Å². The molecule has 0 saturated carbocycles. The third kappa shape index (κ3) is 2.15. The zero-order chi connectivity index (χ0) is 10.9. The van der Waals surface area contributed by atoms with E-state index in [1.807, 2.05) is 0 Å². The Kier molecular flexibility index (Phi) is 3.00. The summed E-state index contributed by atoms with van der Waals surface area (Å²) < 4.78 is 34.8. The summed E-state index contributed by atoms with van der Waals surface area (Å²) in [7, 11) is 0.702. The molecule has 3 nitrogen and oxygen atoms in total. The predicted molar refractivity (Wildman–Crippen MR) is 49.2 cm³/mol. The monoisotopic (exact) mass is 253 g/mol. The van der Waals surface area contributed by atoms with Gasteiger partial charge in [-0.1, -0.05) is 11.6 Å². The molecule has 14 heavy (non-hydrogen) atoms. The molecule has 1 aromatic carbocycles. The summed E-state index contributed by atoms with van der Waals surface area (Å²) in [6.45, 7) is 0. The van der Waals surface area contributed by atoms with E-state index < -0.39 is 24.8 Å². The first-order valence-electron chi connectivity index (χ1n) is 3.20. The number of rotatable bonds is 1. The second-order valence-corrected chi connectivity index (χ2v) is 5.26. The van der Waals surface area contributed by atoms with Crippen LogP contribution in [0.5, 0.6) is 0 Å². The minimum Gasteiger partial charge on any atom is -0.207 e. The standard InChI is InChI=1S/C7H2Cl2FNO2S/c8-5-1-4(3-11)2-6(7(5)10)14(9,12)13/h1-2H. The fourth-order valence-corrected chi connectivity index (χ4v) is 2.01. The molecular formula is C7H2Cl2FNO2S. The molecule has 7 heteroatoms. The Balaban J connectivity index is 3.61. The van der Waals surface area contributed by atoms with E-state index >= 15 is 0 Å². The van der Waals surface area contributed by atoms with Crippen molar-refractivity contribution >= 4 is 31.3 Å². The molecule has 0 heterocycles. The van der Waals surface area contributed by atoms with Crippen molar-refractivity contribution in [3.8, 4) is 6.07 Å². The largest absolute Gasteiger partial charge is 0.264 e. The van der Waals surface area contributed by atoms with Crippen LogP contribution in [0.15, 0.2) is 17.0 Å². The zero-order valence-corrected chi connectivity index (χ0v) is 8.79. The van der Waals surface area contributed by atoms with Gasteiger partial charge in [-0.2, -0.15) is 5.26 Å². The molecule has 0 aliphatic carbocycles. The van der Waals surface area contributed by atoms with Crippen molar-refractivity contribution in [1.82, 2.24) is 0 Å². The highest BCUT2D eigenvalue weighted by Crippen LogP contribution is 2.26. The van der Waals surface area contributed by atoms with Crippen LogP contribution in [0.4, 0.5) is 4.39 Å². The highest BCUT2D eigenvalue weighted by Gasteiger charge is 2.19. The third-order valence-corrected chi connectivity index (χ3v) is 2.98. The van der Waals surface area contributed by atoms with Gasteiger partial charge in [-0.25, -0.2) is 12.8 Å². The van der Waals surface area contributed by atoms with Gasteiger partial charge in [0.25, 0.3) is 9.05 Å². The van der Waals surface area contributed by atoms with Gasteiger partial charge in [-0.05, 0) is 12.1 Å². The number of benzene rings is 1. The van der Waals surface area contributed by atoms with Crippen LogP contribution in [0.1, 0.15) is 5.56 Å². The fraction of sp³-hybridized carbons (Fsp3) is 0. The molecule has 0 radical (unpaired) electrons. The normalized spacial score (nSPS) is 11.0. The topological polar surface area (TPSA) is 57.9 Å². The lowest BCUT2D eigenvalue weighted by Gasteiger charge is -2.00. The Bertz CT molecular complexity index is 521. The molecule has 0 unspecified atom stereocenters. The lowest BCUT2D eigenvalue weighted by molar-refractivity contribution is 0.575. The molecule has 0 amide bonds. The number of hydrogen-bond donors (Lipinski definition) is 0. The van der Waals surface area contributed by atoms with Gasteiger partial charge in [0.05, 0.1) is 16.7 Å². The van der Waals surface area contributed by atoms with Crippen LogP contribution in [0, 0.1) is 17.1 Å². The minimum absolute atomic E-state index is 0.0735. The summed E-state index contributed by atoms with van der Waals surface area (Å²) >= 11 is 5.35. The predicted octanol–water partition coefficient (Wildman–Crippen LogP) is 2.28. The molecule has 0 fully saturated rings. The average Bonchev–Trinajstić information content (AvgIpc) is 2.07. The maximum atomic E-state index is 13.1. The van der Waals surface area contributed by atoms with E-state index in [1.54, 1.807) is 6.07 Å². The zero-order valence-electron chi connectivity index (χ0n) is 6.46. The lowest BCUT2D eigenvalue weighted by atomic mass is 10.2. The number of nitrogens with zero attached hydrogens (tertiary/aromatic N) is 1. The van der Waals surface area contributed by atoms with Crippen LogP contribution < -0.4 is 0 Å². The third-order valence-electron chi connectivity index (χ3n) is 1.39. The second-order valence-electron chi connectivity index (χ2n) is 2.32. The van der Waals surface area contributed by atoms with Gasteiger partial charge in [0.1, 0.15) is 4.90 Å². The van der Waals surface area contributed by atoms with Crippen molar-refractivity contribution < 1.29 is 12.8 Å². The second kappa shape index (κ2) is 3.73. The summed E-state index contributed by atoms with van der Waals surface area (Å²) in [6.07, 6.45) is 0. The van der Waals surface area contributed by atoms with Crippen molar-refractivity contribution in [1.29, 1.82) is 5.26 Å². The smallest absolute Gasteiger partial charge is 0.207 e. The quantitative estimate of drug-likeness (QED) is 0.722. The molecule has 0 saturated heterocycles. The Morgan fingerprint density at radius 1 is 1.43 bits per heavy atom. The van der Waals surface area contributed by atoms with Crippen LogP contribution >= 0.6 is 22.3 Å². The molecule has 1 rings (SSSR count). The summed E-state index contributed by atoms with van der Waals surface area (Å²) in [4.78, 5) is -0.789. The summed E-state index contributed by atoms with van der Waals surface area (Å²) in [5.74, 6) is -1.15. The summed E-state index contributed by atoms with van der Waals surface area (Å²) in [5.41, 5.74) is -0.0735. The van der Waals surface area contributed by atoms with E-state index in [4.69, 9.17) is 27.5 Å². The van der Waals surface area contributed by atoms with E-state index in [1.165, 1.54) is 0 Å². The molecule has 0 aliphatic rings. The molecule has 0 aliphatic heterocycles. The van der Waals surface area contributed by atoms with Gasteiger partial charge in [-0.3, -0.25) is 0 Å². The molecule has 0 spiro atoms. The summed E-state index contributed by atoms with van der Waals surface area (Å²) in [5, 5.41) is 8.02. The Labute approximate surface area is 89.1 Å². The molecule has 0 bridgehead atoms. The van der Waals surface area contributed by atoms with Crippen molar-refractivity contribution in [3.05, 3.63) is 28.5 Å². The van der Waals surface area contributed by atoms with Gasteiger partial charge in [-0.15, -0.1) is 0 Å². The van der Waals surface area contributed by atoms with Crippen molar-refractivity contribution in [3.63, 3.8) is 0 Å². The average molecular weight is 254 g/mol. The van der Waals surface area contributed by atoms with E-state index in [-0.39, 0.29) is 5.56 Å². The Morgan fingerprint density at radius 3 is 2.43 bits per heavy atom. The SMILES string of the molecule is N#Cc1cc(Cl)c(F)c(S(=O)(=O)Cl)c1. The minimum atomic E-state index is -4.23. The van der Waals surface area contributed by atoms with Crippen LogP contribution in [0.25, 0.3) is 0 Å². The molecule has 74 valence electrons. The Morgan fingerprint density at radius 2 is 2.00 bits per heavy atom. The highest BCUT2D eigenvalue weighted by atomic mass is 35.7. The van der Waals surface area contributed by atoms with Gasteiger partial charge in [0.2, 0.25) is 0 Å². The van der Waals surface area contributed by atoms with Gasteiger partial charge >= 0.3 is 0 Å². The van der Waals surface area contributed by atoms with E-state index in [0.29, 0.717) is 0 Å². The van der Waals surface area contributed by atoms with Crippen LogP contribution in [0.3, 0.4) is 0 Å². The molecule has 1 aromatic rings. The van der Waals surface area contributed by atoms with Gasteiger partial charge in [0, 0.05) is 10.7 Å². The van der Waals surface area contributed by atoms with Crippen LogP contribution in [0.2, 0.25) is 5.02 Å². The van der Waals surface area contributed by atoms with Gasteiger partial charge in [0.15, 0.2) is 5.82 Å². The number of halogens is 3. The van der Waals surface area contributed by atoms with Crippen molar-refractivity contribution in [2.75, 3.05) is 0 Å². The first kappa shape index (κ1) is 11.2. The number of nitriles is 1. The molecule has 0 aromatic heterocycles. The Hall–Kier alpha value is -0.830. The molecular weight excluding hydrogens is 252 g/mol. The molecule has 0 N–H and O–H groups in total. The highest BCUT2D eigenvalue weighted by molar-refractivity contribution is 8.13. The summed E-state index contributed by atoms with van der Waals surface area (Å²) in [6, 6.07) is 3.47. The first-order valence-corrected chi connectivity index (χ1v) is 5.89. The van der Waals surface area contributed by atoms with Crippen LogP contribution in [-0.2, 0) is 9.05 Å². The van der Waals surface area contributed by atoms with Gasteiger partial charge < -0.3 is 0 Å². The lowest BCUT2D eigenvalue weighted by Crippen LogP contribution is -1.97. The first-order chi connectivity index (χ1) is 6.36. The van der Waals surface area contributed by atoms with Crippen LogP contribution in [-0.4, -0.2) is 8.42 Å². The molecule has 0 atom stereocenters. The van der Waals surface area contributed by atoms with Crippen molar-refractivity contribution in [2.45, 2.75) is 4.90 Å². The number of hydrogen-bond acceptors (Lipinski definition) is 3. The maximum Gasteiger partial charge on any atom is 0.264 e. The van der Waals surface area contributed by atoms with E-state index in [0.717, 1.165) is 12.1 Å². The maximum absolute atomic E-state index is 13.1. The fourth-order valence-electron chi connectivity index (χ4n) is 0.806. The van der Waals surface area contributed by atoms with E-state index in [9.17, 15) is 12.8 Å².